The van der Waals surface area contributed by atoms with Crippen LogP contribution >= 0.6 is 0 Å². The van der Waals surface area contributed by atoms with Crippen LogP contribution in [0.25, 0.3) is 10.9 Å². The van der Waals surface area contributed by atoms with Crippen molar-refractivity contribution in [2.45, 2.75) is 44.2 Å². The number of para-hydroxylation sites is 1. The Morgan fingerprint density at radius 3 is 2.85 bits per heavy atom. The van der Waals surface area contributed by atoms with E-state index in [1.54, 1.807) is 0 Å². The first kappa shape index (κ1) is 15.4. The number of H-pyrrole nitrogens is 1. The lowest BCUT2D eigenvalue weighted by molar-refractivity contribution is -0.205. The maximum Gasteiger partial charge on any atom is 0.162 e. The van der Waals surface area contributed by atoms with Crippen LogP contribution in [0, 0.1) is 17.8 Å². The van der Waals surface area contributed by atoms with Crippen LogP contribution in [0.2, 0.25) is 0 Å². The molecule has 4 saturated heterocycles. The van der Waals surface area contributed by atoms with Crippen molar-refractivity contribution in [3.8, 4) is 0 Å². The van der Waals surface area contributed by atoms with Crippen LogP contribution in [0.1, 0.15) is 30.6 Å². The molecular formula is C21H24N2O3. The molecule has 7 atom stereocenters. The highest BCUT2D eigenvalue weighted by Gasteiger charge is 2.60. The zero-order chi connectivity index (χ0) is 17.4. The van der Waals surface area contributed by atoms with Crippen molar-refractivity contribution in [1.29, 1.82) is 0 Å². The molecule has 2 aromatic rings. The van der Waals surface area contributed by atoms with E-state index >= 15 is 0 Å². The molecule has 1 aromatic carbocycles. The van der Waals surface area contributed by atoms with Crippen LogP contribution < -0.4 is 0 Å². The SMILES string of the molecule is C[C@H]1[C@H](C=O)[C@@H]2C[C@H]3c4[nH]c5ccccc5c4C[C@@H]([C@@H]2C2OCCO2)N31. The molecule has 5 aliphatic rings. The molecule has 0 spiro atoms. The fourth-order valence-corrected chi connectivity index (χ4v) is 6.45. The van der Waals surface area contributed by atoms with Crippen molar-refractivity contribution in [1.82, 2.24) is 9.88 Å². The lowest BCUT2D eigenvalue weighted by Crippen LogP contribution is -2.68. The second-order valence-corrected chi connectivity index (χ2v) is 8.34. The molecule has 7 rings (SSSR count). The first-order valence-corrected chi connectivity index (χ1v) is 9.83. The summed E-state index contributed by atoms with van der Waals surface area (Å²) in [6.45, 7) is 3.57. The van der Waals surface area contributed by atoms with Gasteiger partial charge in [-0.15, -0.1) is 0 Å². The third-order valence-electron chi connectivity index (χ3n) is 7.41. The Hall–Kier alpha value is -1.69. The van der Waals surface area contributed by atoms with Gasteiger partial charge in [-0.3, -0.25) is 4.90 Å². The van der Waals surface area contributed by atoms with Crippen LogP contribution in [0.5, 0.6) is 0 Å². The summed E-state index contributed by atoms with van der Waals surface area (Å²) in [6, 6.07) is 9.66. The normalized spacial score (nSPS) is 41.5. The van der Waals surface area contributed by atoms with Crippen LogP contribution in [0.3, 0.4) is 0 Å². The maximum atomic E-state index is 11.9. The van der Waals surface area contributed by atoms with Crippen molar-refractivity contribution in [3.05, 3.63) is 35.5 Å². The number of nitrogens with one attached hydrogen (secondary N) is 1. The minimum Gasteiger partial charge on any atom is -0.357 e. The Balaban J connectivity index is 1.51. The van der Waals surface area contributed by atoms with E-state index in [1.165, 1.54) is 28.4 Å². The second kappa shape index (κ2) is 5.41. The number of carbonyl (C=O) groups is 1. The Labute approximate surface area is 152 Å². The topological polar surface area (TPSA) is 54.6 Å². The van der Waals surface area contributed by atoms with Gasteiger partial charge in [-0.1, -0.05) is 18.2 Å². The van der Waals surface area contributed by atoms with Crippen molar-refractivity contribution >= 4 is 17.2 Å². The maximum absolute atomic E-state index is 11.9. The fraction of sp³-hybridized carbons (Fsp3) is 0.571. The molecule has 6 heterocycles. The number of ether oxygens (including phenoxy) is 2. The van der Waals surface area contributed by atoms with Gasteiger partial charge in [0.2, 0.25) is 0 Å². The highest BCUT2D eigenvalue weighted by molar-refractivity contribution is 5.85. The zero-order valence-corrected chi connectivity index (χ0v) is 14.9. The third kappa shape index (κ3) is 1.83. The van der Waals surface area contributed by atoms with Crippen molar-refractivity contribution in [2.75, 3.05) is 13.2 Å². The Morgan fingerprint density at radius 2 is 2.04 bits per heavy atom. The molecule has 5 nitrogen and oxygen atoms in total. The van der Waals surface area contributed by atoms with Gasteiger partial charge in [-0.05, 0) is 37.3 Å². The van der Waals surface area contributed by atoms with E-state index in [4.69, 9.17) is 9.47 Å². The summed E-state index contributed by atoms with van der Waals surface area (Å²) >= 11 is 0. The van der Waals surface area contributed by atoms with E-state index in [0.717, 1.165) is 12.8 Å². The number of benzene rings is 1. The van der Waals surface area contributed by atoms with Crippen molar-refractivity contribution in [2.24, 2.45) is 17.8 Å². The highest BCUT2D eigenvalue weighted by Crippen LogP contribution is 2.57. The molecule has 136 valence electrons. The monoisotopic (exact) mass is 352 g/mol. The summed E-state index contributed by atoms with van der Waals surface area (Å²) < 4.78 is 11.9. The van der Waals surface area contributed by atoms with Crippen molar-refractivity contribution in [3.63, 3.8) is 0 Å². The van der Waals surface area contributed by atoms with Gasteiger partial charge in [-0.25, -0.2) is 0 Å². The number of aromatic amines is 1. The summed E-state index contributed by atoms with van der Waals surface area (Å²) in [5, 5.41) is 1.35. The van der Waals surface area contributed by atoms with Crippen LogP contribution in [0.15, 0.2) is 24.3 Å². The van der Waals surface area contributed by atoms with E-state index in [-0.39, 0.29) is 24.2 Å². The number of aldehydes is 1. The molecule has 1 N–H and O–H groups in total. The summed E-state index contributed by atoms with van der Waals surface area (Å²) in [6.07, 6.45) is 3.05. The Bertz CT molecular complexity index is 871. The molecule has 4 bridgehead atoms. The predicted molar refractivity (Wildman–Crippen MR) is 96.7 cm³/mol. The minimum absolute atomic E-state index is 0.0752. The van der Waals surface area contributed by atoms with Gasteiger partial charge in [0.25, 0.3) is 0 Å². The van der Waals surface area contributed by atoms with E-state index in [2.05, 4.69) is 41.1 Å². The first-order chi connectivity index (χ1) is 12.8. The standard InChI is InChI=1S/C21H24N2O3/c1-11-15(10-24)13-8-18-20-14(12-4-2-3-5-16(12)22-20)9-17(23(11)18)19(13)21-25-6-7-26-21/h2-5,10-11,13,15,17-19,21-22H,6-9H2,1H3/t11-,13-,15-,17-,18-,19+/m0/s1. The summed E-state index contributed by atoms with van der Waals surface area (Å²) in [5.41, 5.74) is 4.06. The summed E-state index contributed by atoms with van der Waals surface area (Å²) in [7, 11) is 0. The average Bonchev–Trinajstić information content (AvgIpc) is 3.30. The average molecular weight is 352 g/mol. The molecule has 0 radical (unpaired) electrons. The van der Waals surface area contributed by atoms with Gasteiger partial charge >= 0.3 is 0 Å². The first-order valence-electron chi connectivity index (χ1n) is 9.83. The predicted octanol–water partition coefficient (Wildman–Crippen LogP) is 2.66. The third-order valence-corrected chi connectivity index (χ3v) is 7.41. The molecule has 5 heteroatoms. The Morgan fingerprint density at radius 1 is 1.23 bits per heavy atom. The van der Waals surface area contributed by atoms with Gasteiger partial charge in [0.05, 0.1) is 19.3 Å². The molecule has 4 fully saturated rings. The number of aromatic nitrogens is 1. The fourth-order valence-electron chi connectivity index (χ4n) is 6.45. The van der Waals surface area contributed by atoms with Crippen LogP contribution in [-0.4, -0.2) is 47.8 Å². The van der Waals surface area contributed by atoms with Crippen molar-refractivity contribution < 1.29 is 14.3 Å². The number of hydrogen-bond acceptors (Lipinski definition) is 4. The van der Waals surface area contributed by atoms with Crippen LogP contribution in [-0.2, 0) is 20.7 Å². The Kier molecular flexibility index (Phi) is 3.20. The van der Waals surface area contributed by atoms with Gasteiger partial charge in [-0.2, -0.15) is 0 Å². The molecule has 26 heavy (non-hydrogen) atoms. The largest absolute Gasteiger partial charge is 0.357 e. The molecule has 0 aliphatic carbocycles. The smallest absolute Gasteiger partial charge is 0.162 e. The van der Waals surface area contributed by atoms with Gasteiger partial charge < -0.3 is 19.3 Å². The molecule has 1 aromatic heterocycles. The second-order valence-electron chi connectivity index (χ2n) is 8.34. The molecule has 1 unspecified atom stereocenters. The highest BCUT2D eigenvalue weighted by atomic mass is 16.7. The number of nitrogens with zero attached hydrogens (tertiary/aromatic N) is 1. The number of fused-ring (bicyclic) bond motifs is 4. The molecule has 0 saturated carbocycles. The van der Waals surface area contributed by atoms with E-state index < -0.39 is 0 Å². The molecule has 5 aliphatic heterocycles. The zero-order valence-electron chi connectivity index (χ0n) is 14.9. The lowest BCUT2D eigenvalue weighted by atomic mass is 9.59. The number of carbonyl (C=O) groups excluding carboxylic acids is 1. The van der Waals surface area contributed by atoms with Gasteiger partial charge in [0, 0.05) is 40.5 Å². The minimum atomic E-state index is -0.157. The van der Waals surface area contributed by atoms with Gasteiger partial charge in [0.15, 0.2) is 6.29 Å². The summed E-state index contributed by atoms with van der Waals surface area (Å²) in [4.78, 5) is 18.2. The quantitative estimate of drug-likeness (QED) is 0.845. The number of hydrogen-bond donors (Lipinski definition) is 1. The molecule has 0 amide bonds. The summed E-state index contributed by atoms with van der Waals surface area (Å²) in [5.74, 6) is 0.693. The number of piperidine rings is 3. The van der Waals surface area contributed by atoms with Gasteiger partial charge in [0.1, 0.15) is 6.29 Å². The number of rotatable bonds is 2. The van der Waals surface area contributed by atoms with E-state index in [1.807, 2.05) is 0 Å². The van der Waals surface area contributed by atoms with Crippen LogP contribution in [0.4, 0.5) is 0 Å². The van der Waals surface area contributed by atoms with E-state index in [9.17, 15) is 4.79 Å². The lowest BCUT2D eigenvalue weighted by Gasteiger charge is -2.63. The van der Waals surface area contributed by atoms with E-state index in [0.29, 0.717) is 31.2 Å². The molecular weight excluding hydrogens is 328 g/mol.